The quantitative estimate of drug-likeness (QED) is 0.461. The Kier molecular flexibility index (Phi) is 6.00. The first kappa shape index (κ1) is 12.2. The molecule has 0 fully saturated rings. The van der Waals surface area contributed by atoms with E-state index in [9.17, 15) is 0 Å². The fourth-order valence-corrected chi connectivity index (χ4v) is 2.24. The molecule has 0 spiro atoms. The number of hydrogen-bond donors (Lipinski definition) is 0. The molecule has 15 heavy (non-hydrogen) atoms. The number of unbranched alkanes of at least 4 members (excludes halogenated alkanes) is 2. The number of benzene rings is 1. The summed E-state index contributed by atoms with van der Waals surface area (Å²) in [4.78, 5) is 3.25. The number of methoxy groups -OCH3 is 1. The van der Waals surface area contributed by atoms with Crippen LogP contribution in [0.1, 0.15) is 26.2 Å². The fourth-order valence-electron chi connectivity index (χ4n) is 1.05. The Morgan fingerprint density at radius 3 is 2.60 bits per heavy atom. The predicted octanol–water partition coefficient (Wildman–Crippen LogP) is 2.18. The standard InChI is InChI=1S/C13H16OSe/c1-3-4-5-6-11-15-13-9-7-12(14-2)8-10-13/h7-10H,3-5H2,1-2H3. The van der Waals surface area contributed by atoms with E-state index >= 15 is 0 Å². The molecule has 0 aliphatic carbocycles. The minimum absolute atomic E-state index is 0.292. The van der Waals surface area contributed by atoms with Crippen LogP contribution in [0.2, 0.25) is 0 Å². The van der Waals surface area contributed by atoms with E-state index in [0.717, 1.165) is 12.2 Å². The van der Waals surface area contributed by atoms with Gasteiger partial charge in [0.05, 0.1) is 0 Å². The SMILES string of the molecule is CCCCC#C[Se]c1ccc(OC)cc1. The van der Waals surface area contributed by atoms with Gasteiger partial charge in [-0.1, -0.05) is 0 Å². The van der Waals surface area contributed by atoms with Crippen molar-refractivity contribution in [1.29, 1.82) is 0 Å². The maximum absolute atomic E-state index is 5.10. The summed E-state index contributed by atoms with van der Waals surface area (Å²) in [6.07, 6.45) is 3.48. The second-order valence-corrected chi connectivity index (χ2v) is 5.01. The molecule has 0 atom stereocenters. The van der Waals surface area contributed by atoms with Crippen molar-refractivity contribution in [2.75, 3.05) is 7.11 Å². The molecule has 0 aromatic heterocycles. The molecule has 0 aliphatic rings. The van der Waals surface area contributed by atoms with Crippen LogP contribution in [-0.4, -0.2) is 22.1 Å². The van der Waals surface area contributed by atoms with Gasteiger partial charge in [0, 0.05) is 0 Å². The van der Waals surface area contributed by atoms with Crippen LogP contribution >= 0.6 is 0 Å². The van der Waals surface area contributed by atoms with Gasteiger partial charge in [-0.15, -0.1) is 0 Å². The average Bonchev–Trinajstić information content (AvgIpc) is 2.30. The molecule has 0 unspecified atom stereocenters. The molecule has 0 heterocycles. The molecule has 1 nitrogen and oxygen atoms in total. The topological polar surface area (TPSA) is 9.23 Å². The maximum atomic E-state index is 5.10. The van der Waals surface area contributed by atoms with E-state index < -0.39 is 0 Å². The van der Waals surface area contributed by atoms with Gasteiger partial charge in [0.1, 0.15) is 0 Å². The van der Waals surface area contributed by atoms with E-state index in [1.165, 1.54) is 17.3 Å². The van der Waals surface area contributed by atoms with Crippen molar-refractivity contribution in [3.8, 4) is 16.5 Å². The Labute approximate surface area is 98.4 Å². The van der Waals surface area contributed by atoms with Crippen LogP contribution in [-0.2, 0) is 0 Å². The summed E-state index contributed by atoms with van der Waals surface area (Å²) in [6, 6.07) is 8.16. The molecule has 0 bridgehead atoms. The van der Waals surface area contributed by atoms with Crippen molar-refractivity contribution in [2.45, 2.75) is 26.2 Å². The molecule has 0 amide bonds. The number of hydrogen-bond acceptors (Lipinski definition) is 1. The average molecular weight is 267 g/mol. The van der Waals surface area contributed by atoms with Gasteiger partial charge >= 0.3 is 98.2 Å². The van der Waals surface area contributed by atoms with E-state index in [4.69, 9.17) is 4.74 Å². The van der Waals surface area contributed by atoms with Crippen molar-refractivity contribution in [1.82, 2.24) is 0 Å². The van der Waals surface area contributed by atoms with Crippen LogP contribution in [0.25, 0.3) is 0 Å². The zero-order valence-electron chi connectivity index (χ0n) is 9.25. The summed E-state index contributed by atoms with van der Waals surface area (Å²) in [6.45, 7) is 2.19. The molecule has 0 saturated heterocycles. The van der Waals surface area contributed by atoms with Crippen LogP contribution in [0.4, 0.5) is 0 Å². The van der Waals surface area contributed by atoms with E-state index in [1.54, 1.807) is 7.11 Å². The second-order valence-electron chi connectivity index (χ2n) is 3.16. The zero-order chi connectivity index (χ0) is 10.9. The van der Waals surface area contributed by atoms with E-state index in [2.05, 4.69) is 29.8 Å². The summed E-state index contributed by atoms with van der Waals surface area (Å²) in [5, 5.41) is 0. The van der Waals surface area contributed by atoms with Gasteiger partial charge in [0.25, 0.3) is 0 Å². The first-order valence-corrected chi connectivity index (χ1v) is 6.87. The monoisotopic (exact) mass is 268 g/mol. The molecular weight excluding hydrogens is 251 g/mol. The molecule has 0 radical (unpaired) electrons. The summed E-state index contributed by atoms with van der Waals surface area (Å²) in [7, 11) is 1.69. The fraction of sp³-hybridized carbons (Fsp3) is 0.385. The summed E-state index contributed by atoms with van der Waals surface area (Å²) < 4.78 is 6.41. The van der Waals surface area contributed by atoms with Crippen LogP contribution in [0.5, 0.6) is 5.75 Å². The van der Waals surface area contributed by atoms with Crippen molar-refractivity contribution < 1.29 is 4.74 Å². The molecule has 1 rings (SSSR count). The number of rotatable bonds is 4. The van der Waals surface area contributed by atoms with E-state index in [1.807, 2.05) is 12.1 Å². The van der Waals surface area contributed by atoms with Crippen molar-refractivity contribution in [2.24, 2.45) is 0 Å². The van der Waals surface area contributed by atoms with Gasteiger partial charge in [-0.2, -0.15) is 0 Å². The van der Waals surface area contributed by atoms with Crippen molar-refractivity contribution in [3.05, 3.63) is 24.3 Å². The van der Waals surface area contributed by atoms with Crippen LogP contribution in [0, 0.1) is 10.7 Å². The predicted molar refractivity (Wildman–Crippen MR) is 65.7 cm³/mol. The Morgan fingerprint density at radius 2 is 2.00 bits per heavy atom. The molecule has 2 heteroatoms. The molecular formula is C13H16OSe. The molecule has 0 aliphatic heterocycles. The van der Waals surface area contributed by atoms with Gasteiger partial charge < -0.3 is 0 Å². The first-order chi connectivity index (χ1) is 7.36. The Morgan fingerprint density at radius 1 is 1.27 bits per heavy atom. The Hall–Kier alpha value is -0.901. The molecule has 0 N–H and O–H groups in total. The van der Waals surface area contributed by atoms with Gasteiger partial charge in [-0.25, -0.2) is 0 Å². The molecule has 0 saturated carbocycles. The normalized spacial score (nSPS) is 9.20. The van der Waals surface area contributed by atoms with Crippen molar-refractivity contribution >= 4 is 19.4 Å². The van der Waals surface area contributed by atoms with E-state index in [-0.39, 0.29) is 0 Å². The third-order valence-corrected chi connectivity index (χ3v) is 3.54. The van der Waals surface area contributed by atoms with E-state index in [0.29, 0.717) is 15.0 Å². The third-order valence-electron chi connectivity index (χ3n) is 1.96. The van der Waals surface area contributed by atoms with Crippen LogP contribution in [0.15, 0.2) is 24.3 Å². The van der Waals surface area contributed by atoms with Crippen LogP contribution in [0.3, 0.4) is 0 Å². The Balaban J connectivity index is 2.39. The second kappa shape index (κ2) is 7.40. The number of ether oxygens (including phenoxy) is 1. The third kappa shape index (κ3) is 4.93. The van der Waals surface area contributed by atoms with Gasteiger partial charge in [-0.05, 0) is 0 Å². The first-order valence-electron chi connectivity index (χ1n) is 5.15. The molecule has 80 valence electrons. The zero-order valence-corrected chi connectivity index (χ0v) is 11.0. The Bertz CT molecular complexity index is 332. The summed E-state index contributed by atoms with van der Waals surface area (Å²) >= 11 is 0.292. The summed E-state index contributed by atoms with van der Waals surface area (Å²) in [5.74, 6) is 4.12. The molecule has 1 aromatic rings. The van der Waals surface area contributed by atoms with Crippen LogP contribution < -0.4 is 9.20 Å². The van der Waals surface area contributed by atoms with Gasteiger partial charge in [-0.3, -0.25) is 0 Å². The molecule has 1 aromatic carbocycles. The minimum atomic E-state index is 0.292. The summed E-state index contributed by atoms with van der Waals surface area (Å²) in [5.41, 5.74) is 0. The van der Waals surface area contributed by atoms with Gasteiger partial charge in [0.15, 0.2) is 0 Å². The van der Waals surface area contributed by atoms with Crippen molar-refractivity contribution in [3.63, 3.8) is 0 Å². The van der Waals surface area contributed by atoms with Gasteiger partial charge in [0.2, 0.25) is 0 Å².